The third-order valence-electron chi connectivity index (χ3n) is 5.12. The van der Waals surface area contributed by atoms with Gasteiger partial charge in [-0.05, 0) is 26.7 Å². The summed E-state index contributed by atoms with van der Waals surface area (Å²) in [7, 11) is 1.84. The summed E-state index contributed by atoms with van der Waals surface area (Å²) in [4.78, 5) is 2.54. The predicted octanol–water partition coefficient (Wildman–Crippen LogP) is 2.31. The van der Waals surface area contributed by atoms with Gasteiger partial charge in [0.25, 0.3) is 0 Å². The van der Waals surface area contributed by atoms with Crippen molar-refractivity contribution in [3.63, 3.8) is 0 Å². The third-order valence-corrected chi connectivity index (χ3v) is 5.12. The Bertz CT molecular complexity index is 455. The van der Waals surface area contributed by atoms with Crippen molar-refractivity contribution in [3.05, 3.63) is 17.0 Å². The molecule has 5 heteroatoms. The maximum atomic E-state index is 5.76. The summed E-state index contributed by atoms with van der Waals surface area (Å²) in [5.74, 6) is 1.52. The Morgan fingerprint density at radius 1 is 1.33 bits per heavy atom. The van der Waals surface area contributed by atoms with E-state index in [1.807, 2.05) is 21.0 Å². The summed E-state index contributed by atoms with van der Waals surface area (Å²) in [6.07, 6.45) is 4.06. The number of rotatable bonds is 4. The molecule has 0 amide bonds. The van der Waals surface area contributed by atoms with Gasteiger partial charge in [-0.15, -0.1) is 0 Å². The van der Waals surface area contributed by atoms with Crippen molar-refractivity contribution in [3.8, 4) is 0 Å². The molecule has 1 saturated carbocycles. The lowest BCUT2D eigenvalue weighted by atomic mass is 9.93. The van der Waals surface area contributed by atoms with E-state index in [0.717, 1.165) is 37.8 Å². The second-order valence-corrected chi connectivity index (χ2v) is 6.28. The molecule has 2 heterocycles. The van der Waals surface area contributed by atoms with Gasteiger partial charge >= 0.3 is 0 Å². The Labute approximate surface area is 126 Å². The van der Waals surface area contributed by atoms with Crippen LogP contribution in [-0.4, -0.2) is 49.1 Å². The van der Waals surface area contributed by atoms with Crippen molar-refractivity contribution in [2.75, 3.05) is 26.9 Å². The standard InChI is InChI=1S/C16H26N2O3/c1-11-14(12(2)21-17-11)9-18-7-8-20-10-15(18)13-5-4-6-16(13)19-3/h13,15-16H,4-10H2,1-3H3. The van der Waals surface area contributed by atoms with Crippen LogP contribution in [0.4, 0.5) is 0 Å². The number of hydrogen-bond acceptors (Lipinski definition) is 5. The highest BCUT2D eigenvalue weighted by molar-refractivity contribution is 5.20. The number of aryl methyl sites for hydroxylation is 2. The molecule has 3 rings (SSSR count). The van der Waals surface area contributed by atoms with Crippen LogP contribution in [0.5, 0.6) is 0 Å². The molecular weight excluding hydrogens is 268 g/mol. The summed E-state index contributed by atoms with van der Waals surface area (Å²) in [6.45, 7) is 7.52. The van der Waals surface area contributed by atoms with Crippen LogP contribution in [0.2, 0.25) is 0 Å². The molecule has 0 N–H and O–H groups in total. The summed E-state index contributed by atoms with van der Waals surface area (Å²) in [6, 6.07) is 0.444. The summed E-state index contributed by atoms with van der Waals surface area (Å²) >= 11 is 0. The average molecular weight is 294 g/mol. The Balaban J connectivity index is 1.75. The average Bonchev–Trinajstić information content (AvgIpc) is 3.09. The molecule has 1 aromatic heterocycles. The largest absolute Gasteiger partial charge is 0.381 e. The van der Waals surface area contributed by atoms with E-state index in [9.17, 15) is 0 Å². The lowest BCUT2D eigenvalue weighted by Gasteiger charge is -2.40. The fourth-order valence-corrected chi connectivity index (χ4v) is 3.87. The van der Waals surface area contributed by atoms with Gasteiger partial charge in [0.2, 0.25) is 0 Å². The minimum Gasteiger partial charge on any atom is -0.381 e. The van der Waals surface area contributed by atoms with Gasteiger partial charge in [-0.3, -0.25) is 4.90 Å². The molecule has 2 fully saturated rings. The van der Waals surface area contributed by atoms with Crippen LogP contribution >= 0.6 is 0 Å². The highest BCUT2D eigenvalue weighted by Gasteiger charge is 2.38. The zero-order chi connectivity index (χ0) is 14.8. The van der Waals surface area contributed by atoms with E-state index in [4.69, 9.17) is 14.0 Å². The molecule has 3 unspecified atom stereocenters. The Kier molecular flexibility index (Phi) is 4.62. The van der Waals surface area contributed by atoms with Crippen molar-refractivity contribution in [1.82, 2.24) is 10.1 Å². The van der Waals surface area contributed by atoms with Crippen LogP contribution in [0.15, 0.2) is 4.52 Å². The van der Waals surface area contributed by atoms with E-state index in [1.54, 1.807) is 0 Å². The molecule has 0 radical (unpaired) electrons. The molecule has 0 aromatic carbocycles. The molecule has 3 atom stereocenters. The van der Waals surface area contributed by atoms with E-state index in [2.05, 4.69) is 10.1 Å². The first-order valence-electron chi connectivity index (χ1n) is 7.97. The lowest BCUT2D eigenvalue weighted by molar-refractivity contribution is -0.0609. The summed E-state index contributed by atoms with van der Waals surface area (Å²) < 4.78 is 16.8. The number of methoxy groups -OCH3 is 1. The van der Waals surface area contributed by atoms with Crippen LogP contribution < -0.4 is 0 Å². The molecule has 118 valence electrons. The number of nitrogens with zero attached hydrogens (tertiary/aromatic N) is 2. The minimum atomic E-state index is 0.379. The van der Waals surface area contributed by atoms with Crippen molar-refractivity contribution in [2.45, 2.75) is 51.8 Å². The van der Waals surface area contributed by atoms with Gasteiger partial charge in [0.1, 0.15) is 5.76 Å². The fraction of sp³-hybridized carbons (Fsp3) is 0.812. The molecule has 1 aromatic rings. The Morgan fingerprint density at radius 3 is 2.90 bits per heavy atom. The molecule has 0 spiro atoms. The second-order valence-electron chi connectivity index (χ2n) is 6.28. The zero-order valence-electron chi connectivity index (χ0n) is 13.3. The van der Waals surface area contributed by atoms with E-state index in [1.165, 1.54) is 24.8 Å². The van der Waals surface area contributed by atoms with Gasteiger partial charge in [0, 0.05) is 37.7 Å². The van der Waals surface area contributed by atoms with Gasteiger partial charge in [0.05, 0.1) is 25.0 Å². The minimum absolute atomic E-state index is 0.379. The first kappa shape index (κ1) is 15.0. The maximum absolute atomic E-state index is 5.76. The highest BCUT2D eigenvalue weighted by atomic mass is 16.5. The quantitative estimate of drug-likeness (QED) is 0.853. The molecule has 1 aliphatic carbocycles. The third kappa shape index (κ3) is 3.00. The number of morpholine rings is 1. The SMILES string of the molecule is COC1CCCC1C1COCCN1Cc1c(C)noc1C. The number of aromatic nitrogens is 1. The molecule has 1 aliphatic heterocycles. The van der Waals surface area contributed by atoms with Crippen molar-refractivity contribution < 1.29 is 14.0 Å². The highest BCUT2D eigenvalue weighted by Crippen LogP contribution is 2.34. The van der Waals surface area contributed by atoms with E-state index in [-0.39, 0.29) is 0 Å². The smallest absolute Gasteiger partial charge is 0.138 e. The molecule has 21 heavy (non-hydrogen) atoms. The molecule has 1 saturated heterocycles. The van der Waals surface area contributed by atoms with Crippen molar-refractivity contribution >= 4 is 0 Å². The molecule has 0 bridgehead atoms. The van der Waals surface area contributed by atoms with Crippen LogP contribution in [0.3, 0.4) is 0 Å². The Morgan fingerprint density at radius 2 is 2.19 bits per heavy atom. The second kappa shape index (κ2) is 6.46. The predicted molar refractivity (Wildman–Crippen MR) is 79.1 cm³/mol. The zero-order valence-corrected chi connectivity index (χ0v) is 13.3. The number of hydrogen-bond donors (Lipinski definition) is 0. The van der Waals surface area contributed by atoms with E-state index < -0.39 is 0 Å². The van der Waals surface area contributed by atoms with Gasteiger partial charge in [-0.1, -0.05) is 11.6 Å². The normalized spacial score (nSPS) is 30.9. The van der Waals surface area contributed by atoms with E-state index >= 15 is 0 Å². The summed E-state index contributed by atoms with van der Waals surface area (Å²) in [5.41, 5.74) is 2.24. The van der Waals surface area contributed by atoms with Crippen LogP contribution in [-0.2, 0) is 16.0 Å². The number of ether oxygens (including phenoxy) is 2. The fourth-order valence-electron chi connectivity index (χ4n) is 3.87. The van der Waals surface area contributed by atoms with Gasteiger partial charge in [-0.25, -0.2) is 0 Å². The topological polar surface area (TPSA) is 47.7 Å². The van der Waals surface area contributed by atoms with Crippen LogP contribution in [0.25, 0.3) is 0 Å². The van der Waals surface area contributed by atoms with Gasteiger partial charge in [-0.2, -0.15) is 0 Å². The molecular formula is C16H26N2O3. The van der Waals surface area contributed by atoms with Gasteiger partial charge < -0.3 is 14.0 Å². The van der Waals surface area contributed by atoms with E-state index in [0.29, 0.717) is 18.1 Å². The van der Waals surface area contributed by atoms with Crippen LogP contribution in [0.1, 0.15) is 36.3 Å². The lowest BCUT2D eigenvalue weighted by Crippen LogP contribution is -2.51. The van der Waals surface area contributed by atoms with Crippen molar-refractivity contribution in [1.29, 1.82) is 0 Å². The summed E-state index contributed by atoms with van der Waals surface area (Å²) in [5, 5.41) is 4.08. The van der Waals surface area contributed by atoms with Crippen molar-refractivity contribution in [2.24, 2.45) is 5.92 Å². The monoisotopic (exact) mass is 294 g/mol. The first-order valence-corrected chi connectivity index (χ1v) is 7.97. The van der Waals surface area contributed by atoms with Gasteiger partial charge in [0.15, 0.2) is 0 Å². The Hall–Kier alpha value is -0.910. The first-order chi connectivity index (χ1) is 10.2. The van der Waals surface area contributed by atoms with Crippen LogP contribution in [0, 0.1) is 19.8 Å². The maximum Gasteiger partial charge on any atom is 0.138 e. The molecule has 5 nitrogen and oxygen atoms in total. The molecule has 2 aliphatic rings.